The summed E-state index contributed by atoms with van der Waals surface area (Å²) in [6, 6.07) is 15.8. The molecule has 0 saturated carbocycles. The van der Waals surface area contributed by atoms with Gasteiger partial charge >= 0.3 is 0 Å². The van der Waals surface area contributed by atoms with Crippen LogP contribution >= 0.6 is 15.9 Å². The highest BCUT2D eigenvalue weighted by atomic mass is 79.9. The molecule has 1 unspecified atom stereocenters. The zero-order valence-corrected chi connectivity index (χ0v) is 11.8. The molecule has 0 spiro atoms. The number of hydrogen-bond acceptors (Lipinski definition) is 2. The number of rotatable bonds is 4. The number of halogens is 1. The molecule has 0 amide bonds. The molecule has 0 bridgehead atoms. The van der Waals surface area contributed by atoms with Gasteiger partial charge in [-0.3, -0.25) is 0 Å². The van der Waals surface area contributed by atoms with Crippen molar-refractivity contribution in [2.45, 2.75) is 19.4 Å². The van der Waals surface area contributed by atoms with Gasteiger partial charge in [-0.2, -0.15) is 0 Å². The fraction of sp³-hybridized carbons (Fsp3) is 0.200. The molecular formula is C15H16BrNO. The van der Waals surface area contributed by atoms with E-state index < -0.39 is 0 Å². The maximum absolute atomic E-state index is 9.26. The fourth-order valence-corrected chi connectivity index (χ4v) is 2.14. The van der Waals surface area contributed by atoms with Crippen LogP contribution in [-0.4, -0.2) is 5.11 Å². The molecule has 3 heteroatoms. The Kier molecular flexibility index (Phi) is 4.26. The van der Waals surface area contributed by atoms with Crippen molar-refractivity contribution in [3.8, 4) is 5.75 Å². The quantitative estimate of drug-likeness (QED) is 0.801. The predicted octanol–water partition coefficient (Wildman–Crippen LogP) is 4.72. The fourth-order valence-electron chi connectivity index (χ4n) is 1.88. The van der Waals surface area contributed by atoms with Crippen LogP contribution in [0, 0.1) is 0 Å². The van der Waals surface area contributed by atoms with E-state index in [1.807, 2.05) is 12.1 Å². The average Bonchev–Trinajstić information content (AvgIpc) is 2.39. The van der Waals surface area contributed by atoms with E-state index >= 15 is 0 Å². The zero-order chi connectivity index (χ0) is 13.0. The molecule has 0 aliphatic rings. The molecular weight excluding hydrogens is 290 g/mol. The van der Waals surface area contributed by atoms with Crippen LogP contribution in [0.25, 0.3) is 0 Å². The number of anilines is 1. The highest BCUT2D eigenvalue weighted by Crippen LogP contribution is 2.24. The minimum Gasteiger partial charge on any atom is -0.508 e. The van der Waals surface area contributed by atoms with Crippen molar-refractivity contribution < 1.29 is 5.11 Å². The Morgan fingerprint density at radius 1 is 1.06 bits per heavy atom. The number of aromatic hydroxyl groups is 1. The molecule has 0 fully saturated rings. The molecule has 2 N–H and O–H groups in total. The molecule has 0 heterocycles. The highest BCUT2D eigenvalue weighted by molar-refractivity contribution is 9.10. The molecule has 2 aromatic rings. The van der Waals surface area contributed by atoms with Crippen LogP contribution in [0.1, 0.15) is 24.9 Å². The third-order valence-electron chi connectivity index (χ3n) is 2.89. The Bertz CT molecular complexity index is 493. The van der Waals surface area contributed by atoms with Crippen molar-refractivity contribution >= 4 is 21.6 Å². The lowest BCUT2D eigenvalue weighted by atomic mass is 10.0. The van der Waals surface area contributed by atoms with E-state index in [4.69, 9.17) is 0 Å². The molecule has 2 aromatic carbocycles. The number of nitrogens with one attached hydrogen (secondary N) is 1. The van der Waals surface area contributed by atoms with E-state index in [1.165, 1.54) is 5.56 Å². The summed E-state index contributed by atoms with van der Waals surface area (Å²) in [7, 11) is 0. The monoisotopic (exact) mass is 305 g/mol. The van der Waals surface area contributed by atoms with Crippen LogP contribution < -0.4 is 5.32 Å². The third kappa shape index (κ3) is 3.26. The summed E-state index contributed by atoms with van der Waals surface area (Å²) in [5.74, 6) is 0.289. The largest absolute Gasteiger partial charge is 0.508 e. The molecule has 0 aliphatic heterocycles. The highest BCUT2D eigenvalue weighted by Gasteiger charge is 2.08. The molecule has 94 valence electrons. The van der Waals surface area contributed by atoms with Gasteiger partial charge in [0.1, 0.15) is 5.75 Å². The Morgan fingerprint density at radius 2 is 1.67 bits per heavy atom. The van der Waals surface area contributed by atoms with Gasteiger partial charge in [0.25, 0.3) is 0 Å². The standard InChI is InChI=1S/C15H16BrNO/c1-2-15(11-3-5-12(16)6-4-11)17-13-7-9-14(18)10-8-13/h3-10,15,17-18H,2H2,1H3. The Morgan fingerprint density at radius 3 is 2.22 bits per heavy atom. The van der Waals surface area contributed by atoms with Gasteiger partial charge in [0.2, 0.25) is 0 Å². The van der Waals surface area contributed by atoms with Crippen LogP contribution in [0.4, 0.5) is 5.69 Å². The molecule has 1 atom stereocenters. The van der Waals surface area contributed by atoms with Gasteiger partial charge in [0.15, 0.2) is 0 Å². The van der Waals surface area contributed by atoms with E-state index in [9.17, 15) is 5.11 Å². The molecule has 0 saturated heterocycles. The van der Waals surface area contributed by atoms with E-state index in [0.29, 0.717) is 0 Å². The van der Waals surface area contributed by atoms with Crippen molar-refractivity contribution in [2.75, 3.05) is 5.32 Å². The van der Waals surface area contributed by atoms with Crippen molar-refractivity contribution in [1.82, 2.24) is 0 Å². The van der Waals surface area contributed by atoms with Gasteiger partial charge in [-0.05, 0) is 48.4 Å². The lowest BCUT2D eigenvalue weighted by molar-refractivity contribution is 0.475. The van der Waals surface area contributed by atoms with Crippen molar-refractivity contribution in [2.24, 2.45) is 0 Å². The minimum absolute atomic E-state index is 0.280. The summed E-state index contributed by atoms with van der Waals surface area (Å²) in [5.41, 5.74) is 2.27. The predicted molar refractivity (Wildman–Crippen MR) is 78.9 cm³/mol. The lowest BCUT2D eigenvalue weighted by Gasteiger charge is -2.19. The van der Waals surface area contributed by atoms with E-state index in [2.05, 4.69) is 52.4 Å². The summed E-state index contributed by atoms with van der Waals surface area (Å²) in [5, 5.41) is 12.7. The smallest absolute Gasteiger partial charge is 0.115 e. The Hall–Kier alpha value is -1.48. The first-order chi connectivity index (χ1) is 8.69. The van der Waals surface area contributed by atoms with Gasteiger partial charge in [-0.25, -0.2) is 0 Å². The number of phenolic OH excluding ortho intramolecular Hbond substituents is 1. The minimum atomic E-state index is 0.280. The molecule has 2 nitrogen and oxygen atoms in total. The van der Waals surface area contributed by atoms with Gasteiger partial charge in [-0.15, -0.1) is 0 Å². The zero-order valence-electron chi connectivity index (χ0n) is 10.2. The third-order valence-corrected chi connectivity index (χ3v) is 3.42. The summed E-state index contributed by atoms with van der Waals surface area (Å²) >= 11 is 3.44. The molecule has 2 rings (SSSR count). The first kappa shape index (κ1) is 13.0. The van der Waals surface area contributed by atoms with Gasteiger partial charge in [0.05, 0.1) is 6.04 Å². The van der Waals surface area contributed by atoms with Crippen LogP contribution in [0.2, 0.25) is 0 Å². The summed E-state index contributed by atoms with van der Waals surface area (Å²) in [6.07, 6.45) is 1.00. The van der Waals surface area contributed by atoms with E-state index in [-0.39, 0.29) is 11.8 Å². The van der Waals surface area contributed by atoms with Crippen molar-refractivity contribution in [3.05, 3.63) is 58.6 Å². The number of hydrogen-bond donors (Lipinski definition) is 2. The topological polar surface area (TPSA) is 32.3 Å². The summed E-state index contributed by atoms with van der Waals surface area (Å²) in [4.78, 5) is 0. The molecule has 0 aliphatic carbocycles. The van der Waals surface area contributed by atoms with Crippen LogP contribution in [0.5, 0.6) is 5.75 Å². The average molecular weight is 306 g/mol. The number of phenols is 1. The maximum Gasteiger partial charge on any atom is 0.115 e. The van der Waals surface area contributed by atoms with Crippen LogP contribution in [0.3, 0.4) is 0 Å². The van der Waals surface area contributed by atoms with Crippen molar-refractivity contribution in [3.63, 3.8) is 0 Å². The molecule has 0 radical (unpaired) electrons. The SMILES string of the molecule is CCC(Nc1ccc(O)cc1)c1ccc(Br)cc1. The molecule has 0 aromatic heterocycles. The maximum atomic E-state index is 9.26. The van der Waals surface area contributed by atoms with Crippen molar-refractivity contribution in [1.29, 1.82) is 0 Å². The lowest BCUT2D eigenvalue weighted by Crippen LogP contribution is -2.09. The second-order valence-corrected chi connectivity index (χ2v) is 5.12. The van der Waals surface area contributed by atoms with Crippen LogP contribution in [0.15, 0.2) is 53.0 Å². The Balaban J connectivity index is 2.14. The first-order valence-electron chi connectivity index (χ1n) is 6.00. The first-order valence-corrected chi connectivity index (χ1v) is 6.79. The van der Waals surface area contributed by atoms with E-state index in [0.717, 1.165) is 16.6 Å². The molecule has 18 heavy (non-hydrogen) atoms. The second kappa shape index (κ2) is 5.91. The van der Waals surface area contributed by atoms with Crippen LogP contribution in [-0.2, 0) is 0 Å². The van der Waals surface area contributed by atoms with E-state index in [1.54, 1.807) is 12.1 Å². The summed E-state index contributed by atoms with van der Waals surface area (Å²) < 4.78 is 1.09. The van der Waals surface area contributed by atoms with Gasteiger partial charge in [-0.1, -0.05) is 35.0 Å². The normalized spacial score (nSPS) is 12.1. The Labute approximate surface area is 116 Å². The number of benzene rings is 2. The van der Waals surface area contributed by atoms with Gasteiger partial charge in [0, 0.05) is 10.2 Å². The second-order valence-electron chi connectivity index (χ2n) is 4.20. The van der Waals surface area contributed by atoms with Gasteiger partial charge < -0.3 is 10.4 Å². The summed E-state index contributed by atoms with van der Waals surface area (Å²) in [6.45, 7) is 2.15.